The number of halogens is 2. The molecule has 4 amide bonds. The van der Waals surface area contributed by atoms with Crippen molar-refractivity contribution in [1.82, 2.24) is 20.5 Å². The summed E-state index contributed by atoms with van der Waals surface area (Å²) in [7, 11) is 0. The van der Waals surface area contributed by atoms with Crippen LogP contribution in [-0.4, -0.2) is 46.6 Å². The van der Waals surface area contributed by atoms with Crippen LogP contribution in [0.3, 0.4) is 0 Å². The van der Waals surface area contributed by atoms with E-state index in [2.05, 4.69) is 20.9 Å². The topological polar surface area (TPSA) is 116 Å². The normalized spacial score (nSPS) is 13.1. The van der Waals surface area contributed by atoms with Gasteiger partial charge in [0.1, 0.15) is 5.60 Å². The van der Waals surface area contributed by atoms with Crippen LogP contribution in [-0.2, 0) is 29.0 Å². The van der Waals surface area contributed by atoms with Crippen LogP contribution in [0.4, 0.5) is 15.3 Å². The summed E-state index contributed by atoms with van der Waals surface area (Å²) in [5, 5.41) is 10.5. The number of fused-ring (bicyclic) bond motifs is 3. The molecule has 0 fully saturated rings. The van der Waals surface area contributed by atoms with Gasteiger partial charge in [0.05, 0.1) is 6.54 Å². The molecule has 0 aliphatic carbocycles. The fourth-order valence-corrected chi connectivity index (χ4v) is 4.75. The Hall–Kier alpha value is -3.43. The number of amides is 4. The molecule has 4 N–H and O–H groups in total. The number of hydrogen-bond acceptors (Lipinski definition) is 4. The quantitative estimate of drug-likeness (QED) is 0.314. The molecule has 2 heterocycles. The number of urea groups is 1. The van der Waals surface area contributed by atoms with E-state index in [0.717, 1.165) is 28.6 Å². The van der Waals surface area contributed by atoms with Gasteiger partial charge in [0.25, 0.3) is 0 Å². The van der Waals surface area contributed by atoms with Gasteiger partial charge in [-0.25, -0.2) is 9.59 Å². The molecule has 1 aliphatic heterocycles. The number of alkyl carbamates (subject to hydrolysis) is 1. The molecule has 38 heavy (non-hydrogen) atoms. The SMILES string of the molecule is CC(C)(C)OC(=O)NCCC(=O)Nc1cc(Cl)cc(CNC(=O)N2CCc3c([nH]c4ccc(Cl)cc34)C2)c1. The predicted octanol–water partition coefficient (Wildman–Crippen LogP) is 5.60. The second kappa shape index (κ2) is 11.5. The average Bonchev–Trinajstić information content (AvgIpc) is 3.18. The first-order valence-corrected chi connectivity index (χ1v) is 13.1. The Bertz CT molecular complexity index is 1370. The minimum absolute atomic E-state index is 0.0642. The molecule has 0 saturated carbocycles. The van der Waals surface area contributed by atoms with Crippen molar-refractivity contribution in [3.8, 4) is 0 Å². The molecule has 3 aromatic rings. The van der Waals surface area contributed by atoms with Crippen molar-refractivity contribution in [3.05, 3.63) is 63.3 Å². The van der Waals surface area contributed by atoms with Crippen molar-refractivity contribution < 1.29 is 19.1 Å². The molecule has 1 aliphatic rings. The molecule has 11 heteroatoms. The molecule has 4 rings (SSSR count). The van der Waals surface area contributed by atoms with Crippen LogP contribution >= 0.6 is 23.2 Å². The Labute approximate surface area is 231 Å². The van der Waals surface area contributed by atoms with E-state index in [1.807, 2.05) is 18.2 Å². The number of ether oxygens (including phenoxy) is 1. The minimum Gasteiger partial charge on any atom is -0.444 e. The highest BCUT2D eigenvalue weighted by Crippen LogP contribution is 2.29. The summed E-state index contributed by atoms with van der Waals surface area (Å²) in [6, 6.07) is 10.7. The lowest BCUT2D eigenvalue weighted by Gasteiger charge is -2.27. The third-order valence-corrected chi connectivity index (χ3v) is 6.38. The summed E-state index contributed by atoms with van der Waals surface area (Å²) < 4.78 is 5.15. The number of aromatic nitrogens is 1. The second-order valence-corrected chi connectivity index (χ2v) is 11.1. The number of benzene rings is 2. The molecule has 0 atom stereocenters. The molecule has 0 saturated heterocycles. The monoisotopic (exact) mass is 559 g/mol. The Morgan fingerprint density at radius 1 is 1.05 bits per heavy atom. The first-order chi connectivity index (χ1) is 18.0. The van der Waals surface area contributed by atoms with Crippen LogP contribution in [0.5, 0.6) is 0 Å². The van der Waals surface area contributed by atoms with Gasteiger partial charge in [-0.2, -0.15) is 0 Å². The fraction of sp³-hybridized carbons (Fsp3) is 0.370. The molecular formula is C27H31Cl2N5O4. The van der Waals surface area contributed by atoms with Crippen LogP contribution in [0.25, 0.3) is 10.9 Å². The maximum atomic E-state index is 12.9. The summed E-state index contributed by atoms with van der Waals surface area (Å²) in [6.45, 7) is 6.73. The third kappa shape index (κ3) is 7.33. The van der Waals surface area contributed by atoms with Crippen molar-refractivity contribution in [2.24, 2.45) is 0 Å². The summed E-state index contributed by atoms with van der Waals surface area (Å²) in [5.74, 6) is -0.290. The summed E-state index contributed by atoms with van der Waals surface area (Å²) in [5.41, 5.74) is 3.85. The van der Waals surface area contributed by atoms with E-state index in [1.165, 1.54) is 5.56 Å². The largest absolute Gasteiger partial charge is 0.444 e. The number of carbonyl (C=O) groups is 3. The molecule has 1 aromatic heterocycles. The maximum Gasteiger partial charge on any atom is 0.407 e. The number of nitrogens with one attached hydrogen (secondary N) is 4. The Morgan fingerprint density at radius 3 is 2.61 bits per heavy atom. The number of aromatic amines is 1. The number of hydrogen-bond donors (Lipinski definition) is 4. The van der Waals surface area contributed by atoms with Crippen LogP contribution in [0.2, 0.25) is 10.0 Å². The highest BCUT2D eigenvalue weighted by atomic mass is 35.5. The van der Waals surface area contributed by atoms with Gasteiger partial charge in [-0.05, 0) is 74.7 Å². The molecule has 9 nitrogen and oxygen atoms in total. The van der Waals surface area contributed by atoms with Gasteiger partial charge in [-0.1, -0.05) is 23.2 Å². The van der Waals surface area contributed by atoms with E-state index in [4.69, 9.17) is 27.9 Å². The van der Waals surface area contributed by atoms with Crippen molar-refractivity contribution in [1.29, 1.82) is 0 Å². The minimum atomic E-state index is -0.610. The molecular weight excluding hydrogens is 529 g/mol. The number of H-pyrrole nitrogens is 1. The van der Waals surface area contributed by atoms with Gasteiger partial charge < -0.3 is 30.6 Å². The summed E-state index contributed by atoms with van der Waals surface area (Å²) in [4.78, 5) is 42.1. The number of nitrogens with zero attached hydrogens (tertiary/aromatic N) is 1. The number of anilines is 1. The van der Waals surface area contributed by atoms with E-state index in [0.29, 0.717) is 28.8 Å². The highest BCUT2D eigenvalue weighted by Gasteiger charge is 2.24. The highest BCUT2D eigenvalue weighted by molar-refractivity contribution is 6.31. The van der Waals surface area contributed by atoms with Gasteiger partial charge in [-0.3, -0.25) is 4.79 Å². The van der Waals surface area contributed by atoms with Crippen LogP contribution in [0, 0.1) is 0 Å². The Morgan fingerprint density at radius 2 is 1.84 bits per heavy atom. The summed E-state index contributed by atoms with van der Waals surface area (Å²) >= 11 is 12.4. The van der Waals surface area contributed by atoms with Gasteiger partial charge in [0, 0.05) is 58.4 Å². The van der Waals surface area contributed by atoms with Crippen molar-refractivity contribution >= 4 is 57.8 Å². The molecule has 2 aromatic carbocycles. The van der Waals surface area contributed by atoms with Crippen LogP contribution in [0.15, 0.2) is 36.4 Å². The molecule has 0 spiro atoms. The maximum absolute atomic E-state index is 12.9. The van der Waals surface area contributed by atoms with Gasteiger partial charge in [0.15, 0.2) is 0 Å². The fourth-order valence-electron chi connectivity index (χ4n) is 4.32. The zero-order chi connectivity index (χ0) is 27.4. The molecule has 0 radical (unpaired) electrons. The van der Waals surface area contributed by atoms with E-state index < -0.39 is 11.7 Å². The van der Waals surface area contributed by atoms with E-state index >= 15 is 0 Å². The van der Waals surface area contributed by atoms with Gasteiger partial charge in [0.2, 0.25) is 5.91 Å². The van der Waals surface area contributed by atoms with E-state index in [9.17, 15) is 14.4 Å². The number of rotatable bonds is 6. The zero-order valence-corrected chi connectivity index (χ0v) is 23.1. The van der Waals surface area contributed by atoms with Gasteiger partial charge >= 0.3 is 12.1 Å². The molecule has 0 bridgehead atoms. The standard InChI is InChI=1S/C27H31Cl2N5O4/c1-27(2,3)38-26(37)30-8-6-24(35)32-19-11-16(10-18(29)12-19)14-31-25(36)34-9-7-20-21-13-17(28)4-5-22(21)33-23(20)15-34/h4-5,10-13,33H,6-9,14-15H2,1-3H3,(H,30,37)(H,31,36)(H,32,35). The smallest absolute Gasteiger partial charge is 0.407 e. The van der Waals surface area contributed by atoms with Crippen molar-refractivity contribution in [2.45, 2.75) is 52.3 Å². The van der Waals surface area contributed by atoms with Crippen LogP contribution < -0.4 is 16.0 Å². The van der Waals surface area contributed by atoms with E-state index in [1.54, 1.807) is 43.9 Å². The average molecular weight is 560 g/mol. The predicted molar refractivity (Wildman–Crippen MR) is 149 cm³/mol. The Kier molecular flexibility index (Phi) is 8.38. The zero-order valence-electron chi connectivity index (χ0n) is 21.5. The first-order valence-electron chi connectivity index (χ1n) is 12.3. The van der Waals surface area contributed by atoms with Gasteiger partial charge in [-0.15, -0.1) is 0 Å². The lowest BCUT2D eigenvalue weighted by molar-refractivity contribution is -0.116. The third-order valence-electron chi connectivity index (χ3n) is 5.93. The van der Waals surface area contributed by atoms with Crippen molar-refractivity contribution in [3.63, 3.8) is 0 Å². The molecule has 0 unspecified atom stereocenters. The van der Waals surface area contributed by atoms with Crippen molar-refractivity contribution in [2.75, 3.05) is 18.4 Å². The first kappa shape index (κ1) is 27.6. The van der Waals surface area contributed by atoms with E-state index in [-0.39, 0.29) is 31.4 Å². The number of carbonyl (C=O) groups excluding carboxylic acids is 3. The molecule has 202 valence electrons. The second-order valence-electron chi connectivity index (χ2n) is 10.2. The van der Waals surface area contributed by atoms with Crippen LogP contribution in [0.1, 0.15) is 44.0 Å². The lowest BCUT2D eigenvalue weighted by atomic mass is 10.0. The lowest BCUT2D eigenvalue weighted by Crippen LogP contribution is -2.42. The Balaban J connectivity index is 1.28. The summed E-state index contributed by atoms with van der Waals surface area (Å²) in [6.07, 6.45) is 0.221.